The lowest BCUT2D eigenvalue weighted by atomic mass is 10.1. The van der Waals surface area contributed by atoms with E-state index < -0.39 is 0 Å². The van der Waals surface area contributed by atoms with Crippen LogP contribution in [-0.2, 0) is 16.0 Å². The van der Waals surface area contributed by atoms with Crippen LogP contribution in [0.1, 0.15) is 18.4 Å². The summed E-state index contributed by atoms with van der Waals surface area (Å²) < 4.78 is 22.6. The molecule has 1 saturated heterocycles. The van der Waals surface area contributed by atoms with Crippen LogP contribution in [0.25, 0.3) is 0 Å². The highest BCUT2D eigenvalue weighted by Gasteiger charge is 2.40. The molecule has 2 fully saturated rings. The van der Waals surface area contributed by atoms with Crippen molar-refractivity contribution in [2.24, 2.45) is 5.92 Å². The number of hydrogen-bond acceptors (Lipinski definition) is 5. The Labute approximate surface area is 143 Å². The van der Waals surface area contributed by atoms with Gasteiger partial charge >= 0.3 is 0 Å². The minimum atomic E-state index is 0.327. The van der Waals surface area contributed by atoms with E-state index in [9.17, 15) is 0 Å². The number of rotatable bonds is 6. The lowest BCUT2D eigenvalue weighted by Crippen LogP contribution is -2.47. The summed E-state index contributed by atoms with van der Waals surface area (Å²) in [7, 11) is 0. The minimum Gasteiger partial charge on any atom is -0.454 e. The maximum atomic E-state index is 6.02. The molecule has 130 valence electrons. The molecule has 24 heavy (non-hydrogen) atoms. The lowest BCUT2D eigenvalue weighted by Gasteiger charge is -2.37. The van der Waals surface area contributed by atoms with Gasteiger partial charge < -0.3 is 18.9 Å². The first-order valence-corrected chi connectivity index (χ1v) is 8.76. The lowest BCUT2D eigenvalue weighted by molar-refractivity contribution is -0.0591. The molecule has 3 atom stereocenters. The van der Waals surface area contributed by atoms with E-state index in [0.29, 0.717) is 31.5 Å². The molecule has 0 unspecified atom stereocenters. The fourth-order valence-corrected chi connectivity index (χ4v) is 4.05. The van der Waals surface area contributed by atoms with Crippen LogP contribution in [-0.4, -0.2) is 50.2 Å². The van der Waals surface area contributed by atoms with Gasteiger partial charge in [0.1, 0.15) is 0 Å². The Morgan fingerprint density at radius 3 is 3.08 bits per heavy atom. The Balaban J connectivity index is 1.39. The molecular weight excluding hydrogens is 306 g/mol. The SMILES string of the molecule is C=CCOC[C@@H]1C[C@@H]2OCCN(Cc3ccc4c(c3)OCO4)[C@@H]2C1. The first-order valence-electron chi connectivity index (χ1n) is 8.76. The van der Waals surface area contributed by atoms with Crippen LogP contribution in [0.3, 0.4) is 0 Å². The molecule has 0 N–H and O–H groups in total. The third-order valence-corrected chi connectivity index (χ3v) is 5.16. The summed E-state index contributed by atoms with van der Waals surface area (Å²) in [5, 5.41) is 0. The van der Waals surface area contributed by atoms with Crippen LogP contribution in [0.4, 0.5) is 0 Å². The normalized spacial score (nSPS) is 28.8. The minimum absolute atomic E-state index is 0.327. The average molecular weight is 331 g/mol. The Hall–Kier alpha value is -1.56. The summed E-state index contributed by atoms with van der Waals surface area (Å²) in [6.45, 7) is 8.19. The maximum Gasteiger partial charge on any atom is 0.231 e. The summed E-state index contributed by atoms with van der Waals surface area (Å²) in [5.74, 6) is 2.29. The molecule has 1 saturated carbocycles. The molecule has 1 aliphatic carbocycles. The van der Waals surface area contributed by atoms with Crippen molar-refractivity contribution < 1.29 is 18.9 Å². The van der Waals surface area contributed by atoms with Gasteiger partial charge in [-0.3, -0.25) is 4.90 Å². The largest absolute Gasteiger partial charge is 0.454 e. The van der Waals surface area contributed by atoms with E-state index in [0.717, 1.165) is 50.6 Å². The van der Waals surface area contributed by atoms with Crippen molar-refractivity contribution in [3.63, 3.8) is 0 Å². The molecule has 2 heterocycles. The second kappa shape index (κ2) is 7.13. The highest BCUT2D eigenvalue weighted by atomic mass is 16.7. The van der Waals surface area contributed by atoms with E-state index in [-0.39, 0.29) is 0 Å². The van der Waals surface area contributed by atoms with Gasteiger partial charge in [0, 0.05) is 25.7 Å². The van der Waals surface area contributed by atoms with Gasteiger partial charge in [0.2, 0.25) is 6.79 Å². The number of nitrogens with zero attached hydrogens (tertiary/aromatic N) is 1. The van der Waals surface area contributed by atoms with E-state index in [1.807, 2.05) is 12.1 Å². The van der Waals surface area contributed by atoms with Gasteiger partial charge in [-0.15, -0.1) is 6.58 Å². The van der Waals surface area contributed by atoms with Crippen molar-refractivity contribution in [1.29, 1.82) is 0 Å². The molecule has 0 aromatic heterocycles. The fourth-order valence-electron chi connectivity index (χ4n) is 4.05. The molecule has 1 aromatic rings. The summed E-state index contributed by atoms with van der Waals surface area (Å²) >= 11 is 0. The Morgan fingerprint density at radius 1 is 1.25 bits per heavy atom. The molecular formula is C19H25NO4. The van der Waals surface area contributed by atoms with Gasteiger partial charge in [0.15, 0.2) is 11.5 Å². The molecule has 0 spiro atoms. The van der Waals surface area contributed by atoms with Gasteiger partial charge in [0.25, 0.3) is 0 Å². The van der Waals surface area contributed by atoms with Crippen molar-refractivity contribution in [2.75, 3.05) is 33.2 Å². The summed E-state index contributed by atoms with van der Waals surface area (Å²) in [5.41, 5.74) is 1.27. The maximum absolute atomic E-state index is 6.02. The van der Waals surface area contributed by atoms with Crippen molar-refractivity contribution >= 4 is 0 Å². The van der Waals surface area contributed by atoms with E-state index in [1.54, 1.807) is 0 Å². The number of fused-ring (bicyclic) bond motifs is 2. The second-order valence-electron chi connectivity index (χ2n) is 6.80. The van der Waals surface area contributed by atoms with Gasteiger partial charge in [-0.2, -0.15) is 0 Å². The summed E-state index contributed by atoms with van der Waals surface area (Å²) in [6, 6.07) is 6.74. The van der Waals surface area contributed by atoms with E-state index in [1.165, 1.54) is 5.56 Å². The van der Waals surface area contributed by atoms with E-state index >= 15 is 0 Å². The van der Waals surface area contributed by atoms with Crippen LogP contribution in [0.2, 0.25) is 0 Å². The van der Waals surface area contributed by atoms with Gasteiger partial charge in [-0.05, 0) is 36.5 Å². The molecule has 1 aromatic carbocycles. The average Bonchev–Trinajstić information content (AvgIpc) is 3.21. The van der Waals surface area contributed by atoms with Crippen molar-refractivity contribution in [2.45, 2.75) is 31.5 Å². The van der Waals surface area contributed by atoms with Crippen LogP contribution >= 0.6 is 0 Å². The van der Waals surface area contributed by atoms with Gasteiger partial charge in [0.05, 0.1) is 19.3 Å². The van der Waals surface area contributed by atoms with Crippen LogP contribution < -0.4 is 9.47 Å². The highest BCUT2D eigenvalue weighted by Crippen LogP contribution is 2.37. The third-order valence-electron chi connectivity index (χ3n) is 5.16. The quantitative estimate of drug-likeness (QED) is 0.592. The topological polar surface area (TPSA) is 40.2 Å². The predicted octanol–water partition coefficient (Wildman–Crippen LogP) is 2.60. The summed E-state index contributed by atoms with van der Waals surface area (Å²) in [6.07, 6.45) is 4.39. The zero-order valence-electron chi connectivity index (χ0n) is 14.0. The van der Waals surface area contributed by atoms with Crippen molar-refractivity contribution in [3.8, 4) is 11.5 Å². The first-order chi connectivity index (χ1) is 11.8. The summed E-state index contributed by atoms with van der Waals surface area (Å²) in [4.78, 5) is 2.55. The van der Waals surface area contributed by atoms with Gasteiger partial charge in [-0.1, -0.05) is 12.1 Å². The van der Waals surface area contributed by atoms with Gasteiger partial charge in [-0.25, -0.2) is 0 Å². The molecule has 3 aliphatic rings. The number of morpholine rings is 1. The third kappa shape index (κ3) is 3.29. The molecule has 4 rings (SSSR count). The van der Waals surface area contributed by atoms with Crippen LogP contribution in [0, 0.1) is 5.92 Å². The molecule has 0 radical (unpaired) electrons. The molecule has 0 amide bonds. The zero-order chi connectivity index (χ0) is 16.4. The van der Waals surface area contributed by atoms with Crippen LogP contribution in [0.5, 0.6) is 11.5 Å². The number of hydrogen-bond donors (Lipinski definition) is 0. The van der Waals surface area contributed by atoms with E-state index in [4.69, 9.17) is 18.9 Å². The molecule has 0 bridgehead atoms. The number of benzene rings is 1. The van der Waals surface area contributed by atoms with Crippen molar-refractivity contribution in [1.82, 2.24) is 4.90 Å². The predicted molar refractivity (Wildman–Crippen MR) is 90.2 cm³/mol. The Kier molecular flexibility index (Phi) is 4.74. The van der Waals surface area contributed by atoms with Crippen molar-refractivity contribution in [3.05, 3.63) is 36.4 Å². The smallest absolute Gasteiger partial charge is 0.231 e. The molecule has 5 heteroatoms. The first kappa shape index (κ1) is 15.9. The fraction of sp³-hybridized carbons (Fsp3) is 0.579. The highest BCUT2D eigenvalue weighted by molar-refractivity contribution is 5.44. The second-order valence-corrected chi connectivity index (χ2v) is 6.80. The van der Waals surface area contributed by atoms with E-state index in [2.05, 4.69) is 23.6 Å². The Bertz CT molecular complexity index is 591. The van der Waals surface area contributed by atoms with Crippen LogP contribution in [0.15, 0.2) is 30.9 Å². The Morgan fingerprint density at radius 2 is 2.17 bits per heavy atom. The monoisotopic (exact) mass is 331 g/mol. The molecule has 2 aliphatic heterocycles. The molecule has 5 nitrogen and oxygen atoms in total. The number of ether oxygens (including phenoxy) is 4. The standard InChI is InChI=1S/C19H25NO4/c1-2-6-21-12-15-8-16-18(10-15)22-7-5-20(16)11-14-3-4-17-19(9-14)24-13-23-17/h2-4,9,15-16,18H,1,5-8,10-13H2/t15-,16+,18-/m0/s1. The zero-order valence-corrected chi connectivity index (χ0v) is 14.0.